The van der Waals surface area contributed by atoms with Gasteiger partial charge in [0, 0.05) is 32.6 Å². The third-order valence-electron chi connectivity index (χ3n) is 5.17. The summed E-state index contributed by atoms with van der Waals surface area (Å²) < 4.78 is 3.37. The van der Waals surface area contributed by atoms with Gasteiger partial charge in [-0.25, -0.2) is 9.89 Å². The van der Waals surface area contributed by atoms with Crippen molar-refractivity contribution in [1.29, 1.82) is 0 Å². The lowest BCUT2D eigenvalue weighted by Crippen LogP contribution is -2.30. The summed E-state index contributed by atoms with van der Waals surface area (Å²) in [5, 5.41) is 9.72. The van der Waals surface area contributed by atoms with Crippen LogP contribution in [0, 0.1) is 0 Å². The lowest BCUT2D eigenvalue weighted by Gasteiger charge is -2.24. The largest absolute Gasteiger partial charge is 0.340 e. The quantitative estimate of drug-likeness (QED) is 0.678. The number of amides is 1. The van der Waals surface area contributed by atoms with E-state index in [9.17, 15) is 9.59 Å². The molecular weight excluding hydrogens is 358 g/mol. The maximum Gasteiger partial charge on any atom is 0.329 e. The Labute approximate surface area is 162 Å². The second-order valence-corrected chi connectivity index (χ2v) is 7.00. The molecule has 3 heterocycles. The molecule has 1 aliphatic heterocycles. The van der Waals surface area contributed by atoms with Gasteiger partial charge >= 0.3 is 5.69 Å². The van der Waals surface area contributed by atoms with Gasteiger partial charge in [0.05, 0.1) is 11.0 Å². The van der Waals surface area contributed by atoms with Crippen LogP contribution in [0.2, 0.25) is 0 Å². The van der Waals surface area contributed by atoms with E-state index in [-0.39, 0.29) is 18.0 Å². The average Bonchev–Trinajstić information content (AvgIpc) is 3.29. The van der Waals surface area contributed by atoms with Gasteiger partial charge in [0.15, 0.2) is 0 Å². The van der Waals surface area contributed by atoms with Crippen LogP contribution in [0.15, 0.2) is 29.1 Å². The number of aromatic nitrogens is 5. The summed E-state index contributed by atoms with van der Waals surface area (Å²) in [5.41, 5.74) is 1.63. The van der Waals surface area contributed by atoms with Gasteiger partial charge in [0.2, 0.25) is 17.8 Å². The molecule has 0 radical (unpaired) electrons. The van der Waals surface area contributed by atoms with Gasteiger partial charge in [-0.2, -0.15) is 4.98 Å². The van der Waals surface area contributed by atoms with E-state index < -0.39 is 0 Å². The third kappa shape index (κ3) is 3.51. The molecule has 2 N–H and O–H groups in total. The van der Waals surface area contributed by atoms with Crippen LogP contribution in [-0.4, -0.2) is 43.3 Å². The molecular formula is C19H25N7O2. The first kappa shape index (κ1) is 18.3. The number of carbonyl (C=O) groups is 1. The molecule has 4 rings (SSSR count). The number of H-pyrrole nitrogens is 1. The number of imidazole rings is 1. The highest BCUT2D eigenvalue weighted by Gasteiger charge is 2.17. The Bertz CT molecular complexity index is 1030. The normalized spacial score (nSPS) is 14.5. The summed E-state index contributed by atoms with van der Waals surface area (Å²) in [6.07, 6.45) is 3.68. The van der Waals surface area contributed by atoms with Crippen molar-refractivity contribution >= 4 is 28.8 Å². The average molecular weight is 383 g/mol. The second kappa shape index (κ2) is 7.87. The Morgan fingerprint density at radius 2 is 1.86 bits per heavy atom. The number of hydrogen-bond donors (Lipinski definition) is 2. The van der Waals surface area contributed by atoms with Gasteiger partial charge in [0.25, 0.3) is 0 Å². The number of anilines is 2. The molecule has 0 bridgehead atoms. The predicted molar refractivity (Wildman–Crippen MR) is 108 cm³/mol. The minimum absolute atomic E-state index is 0.0939. The Balaban J connectivity index is 1.41. The summed E-state index contributed by atoms with van der Waals surface area (Å²) in [4.78, 5) is 31.5. The number of nitrogens with zero attached hydrogens (tertiary/aromatic N) is 5. The van der Waals surface area contributed by atoms with E-state index in [4.69, 9.17) is 0 Å². The van der Waals surface area contributed by atoms with Crippen LogP contribution < -0.4 is 15.9 Å². The fourth-order valence-electron chi connectivity index (χ4n) is 3.75. The highest BCUT2D eigenvalue weighted by atomic mass is 16.2. The molecule has 28 heavy (non-hydrogen) atoms. The van der Waals surface area contributed by atoms with E-state index in [1.54, 1.807) is 9.13 Å². The first-order valence-corrected chi connectivity index (χ1v) is 9.82. The molecule has 1 saturated heterocycles. The molecule has 1 aliphatic rings. The Kier molecular flexibility index (Phi) is 5.14. The van der Waals surface area contributed by atoms with Crippen LogP contribution in [-0.2, 0) is 17.9 Å². The summed E-state index contributed by atoms with van der Waals surface area (Å²) >= 11 is 0. The molecule has 3 aromatic rings. The van der Waals surface area contributed by atoms with Crippen molar-refractivity contribution in [2.45, 2.75) is 45.7 Å². The van der Waals surface area contributed by atoms with Crippen LogP contribution >= 0.6 is 0 Å². The van der Waals surface area contributed by atoms with Gasteiger partial charge in [-0.3, -0.25) is 19.2 Å². The molecule has 148 valence electrons. The topological polar surface area (TPSA) is 101 Å². The van der Waals surface area contributed by atoms with Crippen LogP contribution in [0.4, 0.5) is 11.9 Å². The van der Waals surface area contributed by atoms with Gasteiger partial charge in [0.1, 0.15) is 0 Å². The molecule has 0 aliphatic carbocycles. The second-order valence-electron chi connectivity index (χ2n) is 7.00. The minimum Gasteiger partial charge on any atom is -0.340 e. The maximum absolute atomic E-state index is 12.6. The number of aryl methyl sites for hydroxylation is 2. The van der Waals surface area contributed by atoms with Crippen LogP contribution in [0.1, 0.15) is 32.6 Å². The first-order chi connectivity index (χ1) is 13.7. The minimum atomic E-state index is -0.207. The fraction of sp³-hybridized carbons (Fsp3) is 0.474. The number of benzene rings is 1. The van der Waals surface area contributed by atoms with E-state index in [1.165, 1.54) is 6.42 Å². The zero-order valence-electron chi connectivity index (χ0n) is 16.0. The number of rotatable bonds is 6. The van der Waals surface area contributed by atoms with Crippen LogP contribution in [0.3, 0.4) is 0 Å². The number of para-hydroxylation sites is 2. The van der Waals surface area contributed by atoms with E-state index >= 15 is 0 Å². The highest BCUT2D eigenvalue weighted by Crippen LogP contribution is 2.17. The summed E-state index contributed by atoms with van der Waals surface area (Å²) in [6.45, 7) is 4.72. The fourth-order valence-corrected chi connectivity index (χ4v) is 3.75. The van der Waals surface area contributed by atoms with Crippen molar-refractivity contribution in [3.05, 3.63) is 34.7 Å². The number of hydrogen-bond acceptors (Lipinski definition) is 5. The Morgan fingerprint density at radius 3 is 2.57 bits per heavy atom. The molecule has 9 heteroatoms. The third-order valence-corrected chi connectivity index (χ3v) is 5.17. The van der Waals surface area contributed by atoms with Gasteiger partial charge in [-0.1, -0.05) is 12.1 Å². The molecule has 9 nitrogen and oxygen atoms in total. The van der Waals surface area contributed by atoms with Crippen molar-refractivity contribution in [3.63, 3.8) is 0 Å². The van der Waals surface area contributed by atoms with Gasteiger partial charge in [-0.15, -0.1) is 5.10 Å². The molecule has 0 unspecified atom stereocenters. The first-order valence-electron chi connectivity index (χ1n) is 9.82. The zero-order valence-corrected chi connectivity index (χ0v) is 16.0. The van der Waals surface area contributed by atoms with E-state index in [1.807, 2.05) is 31.2 Å². The molecule has 0 atom stereocenters. The summed E-state index contributed by atoms with van der Waals surface area (Å²) in [7, 11) is 0. The van der Waals surface area contributed by atoms with Crippen LogP contribution in [0.25, 0.3) is 11.0 Å². The number of fused-ring (bicyclic) bond motifs is 1. The van der Waals surface area contributed by atoms with E-state index in [0.29, 0.717) is 25.0 Å². The highest BCUT2D eigenvalue weighted by molar-refractivity contribution is 5.89. The van der Waals surface area contributed by atoms with Crippen LogP contribution in [0.5, 0.6) is 0 Å². The number of piperidine rings is 1. The van der Waals surface area contributed by atoms with Crippen molar-refractivity contribution < 1.29 is 4.79 Å². The molecule has 1 aromatic carbocycles. The summed E-state index contributed by atoms with van der Waals surface area (Å²) in [5.74, 6) is 0.757. The Morgan fingerprint density at radius 1 is 1.14 bits per heavy atom. The molecule has 1 amide bonds. The number of aromatic amines is 1. The van der Waals surface area contributed by atoms with E-state index in [0.717, 1.165) is 37.0 Å². The molecule has 1 fully saturated rings. The molecule has 0 saturated carbocycles. The Hall–Kier alpha value is -3.10. The number of nitrogens with one attached hydrogen (secondary N) is 2. The van der Waals surface area contributed by atoms with Crippen molar-refractivity contribution in [3.8, 4) is 0 Å². The van der Waals surface area contributed by atoms with Gasteiger partial charge in [-0.05, 0) is 38.3 Å². The molecule has 0 spiro atoms. The SMILES string of the molecule is CCn1c(=O)n(CCC(=O)Nc2nc(N3CCCCC3)n[nH]2)c2ccccc21. The van der Waals surface area contributed by atoms with Crippen molar-refractivity contribution in [2.75, 3.05) is 23.3 Å². The smallest absolute Gasteiger partial charge is 0.329 e. The maximum atomic E-state index is 12.6. The lowest BCUT2D eigenvalue weighted by atomic mass is 10.1. The molecule has 2 aromatic heterocycles. The van der Waals surface area contributed by atoms with Crippen molar-refractivity contribution in [2.24, 2.45) is 0 Å². The van der Waals surface area contributed by atoms with E-state index in [2.05, 4.69) is 25.4 Å². The predicted octanol–water partition coefficient (Wildman–Crippen LogP) is 1.96. The monoisotopic (exact) mass is 383 g/mol. The number of carbonyl (C=O) groups excluding carboxylic acids is 1. The zero-order chi connectivity index (χ0) is 19.5. The summed E-state index contributed by atoms with van der Waals surface area (Å²) in [6, 6.07) is 7.64. The standard InChI is InChI=1S/C19H25N7O2/c1-2-25-14-8-4-5-9-15(14)26(19(25)28)13-10-16(27)20-17-21-18(23-22-17)24-11-6-3-7-12-24/h4-5,8-9H,2-3,6-7,10-13H2,1H3,(H2,20,21,22,23,27). The van der Waals surface area contributed by atoms with Crippen molar-refractivity contribution in [1.82, 2.24) is 24.3 Å². The van der Waals surface area contributed by atoms with Gasteiger partial charge < -0.3 is 4.90 Å². The lowest BCUT2D eigenvalue weighted by molar-refractivity contribution is -0.116.